The number of rotatable bonds is 5. The fraction of sp³-hybridized carbons (Fsp3) is 0.0435. The molecule has 28 heavy (non-hydrogen) atoms. The zero-order valence-corrected chi connectivity index (χ0v) is 15.3. The smallest absolute Gasteiger partial charge is 0.255 e. The summed E-state index contributed by atoms with van der Waals surface area (Å²) in [6.07, 6.45) is 1.80. The van der Waals surface area contributed by atoms with E-state index in [1.165, 1.54) is 0 Å². The summed E-state index contributed by atoms with van der Waals surface area (Å²) in [7, 11) is 1.61. The first-order chi connectivity index (χ1) is 13.7. The molecule has 1 aromatic heterocycles. The molecule has 0 aliphatic carbocycles. The number of hydrogen-bond acceptors (Lipinski definition) is 4. The van der Waals surface area contributed by atoms with Crippen LogP contribution in [-0.4, -0.2) is 18.0 Å². The van der Waals surface area contributed by atoms with Gasteiger partial charge in [-0.1, -0.05) is 48.5 Å². The molecule has 1 N–H and O–H groups in total. The number of carbonyl (C=O) groups is 1. The van der Waals surface area contributed by atoms with Crippen molar-refractivity contribution in [2.24, 2.45) is 0 Å². The van der Waals surface area contributed by atoms with Gasteiger partial charge in [0.25, 0.3) is 5.91 Å². The Morgan fingerprint density at radius 2 is 1.68 bits per heavy atom. The van der Waals surface area contributed by atoms with Gasteiger partial charge in [0.05, 0.1) is 7.11 Å². The average molecular weight is 370 g/mol. The Labute approximate surface area is 162 Å². The molecule has 5 heteroatoms. The van der Waals surface area contributed by atoms with E-state index in [-0.39, 0.29) is 5.91 Å². The third kappa shape index (κ3) is 3.64. The van der Waals surface area contributed by atoms with E-state index in [0.29, 0.717) is 28.5 Å². The highest BCUT2D eigenvalue weighted by Gasteiger charge is 2.16. The molecule has 138 valence electrons. The zero-order chi connectivity index (χ0) is 19.3. The molecule has 0 spiro atoms. The van der Waals surface area contributed by atoms with Gasteiger partial charge in [-0.25, -0.2) is 4.98 Å². The number of amides is 1. The Hall–Kier alpha value is -3.86. The van der Waals surface area contributed by atoms with E-state index in [4.69, 9.17) is 9.15 Å². The Morgan fingerprint density at radius 3 is 2.46 bits per heavy atom. The lowest BCUT2D eigenvalue weighted by molar-refractivity contribution is 0.0973. The van der Waals surface area contributed by atoms with Crippen LogP contribution < -0.4 is 10.1 Å². The molecule has 3 aromatic carbocycles. The van der Waals surface area contributed by atoms with E-state index >= 15 is 0 Å². The van der Waals surface area contributed by atoms with Crippen LogP contribution in [0.5, 0.6) is 5.75 Å². The number of carbonyl (C=O) groups excluding carboxylic acids is 1. The predicted molar refractivity (Wildman–Crippen MR) is 109 cm³/mol. The molecule has 0 atom stereocenters. The van der Waals surface area contributed by atoms with Crippen molar-refractivity contribution < 1.29 is 13.9 Å². The maximum atomic E-state index is 12.7. The van der Waals surface area contributed by atoms with Crippen LogP contribution in [0.2, 0.25) is 0 Å². The second-order valence-electron chi connectivity index (χ2n) is 6.11. The highest BCUT2D eigenvalue weighted by molar-refractivity contribution is 6.01. The molecule has 4 aromatic rings. The van der Waals surface area contributed by atoms with Gasteiger partial charge in [-0.3, -0.25) is 4.79 Å². The van der Waals surface area contributed by atoms with Crippen LogP contribution in [0.4, 0.5) is 0 Å². The number of aromatic nitrogens is 1. The standard InChI is InChI=1S/C23H18N2O3/c1-27-20-13-7-5-11-17(20)15-19(24-22(26)16-9-3-2-4-10-16)23-25-18-12-6-8-14-21(18)28-23/h2-15H,1H3,(H,24,26). The summed E-state index contributed by atoms with van der Waals surface area (Å²) in [5.74, 6) is 0.769. The van der Waals surface area contributed by atoms with Crippen LogP contribution in [-0.2, 0) is 0 Å². The maximum Gasteiger partial charge on any atom is 0.255 e. The maximum absolute atomic E-state index is 12.7. The lowest BCUT2D eigenvalue weighted by Gasteiger charge is -2.09. The summed E-state index contributed by atoms with van der Waals surface area (Å²) in [4.78, 5) is 17.3. The summed E-state index contributed by atoms with van der Waals surface area (Å²) < 4.78 is 11.3. The number of hydrogen-bond donors (Lipinski definition) is 1. The molecule has 0 unspecified atom stereocenters. The summed E-state index contributed by atoms with van der Waals surface area (Å²) >= 11 is 0. The van der Waals surface area contributed by atoms with Gasteiger partial charge in [-0.15, -0.1) is 0 Å². The number of methoxy groups -OCH3 is 1. The van der Waals surface area contributed by atoms with Crippen LogP contribution in [0.3, 0.4) is 0 Å². The minimum atomic E-state index is -0.246. The first-order valence-electron chi connectivity index (χ1n) is 8.81. The topological polar surface area (TPSA) is 64.4 Å². The van der Waals surface area contributed by atoms with Crippen LogP contribution in [0.25, 0.3) is 22.9 Å². The molecule has 0 bridgehead atoms. The van der Waals surface area contributed by atoms with Gasteiger partial charge >= 0.3 is 0 Å². The van der Waals surface area contributed by atoms with Crippen molar-refractivity contribution in [3.05, 3.63) is 95.9 Å². The SMILES string of the molecule is COc1ccccc1C=C(NC(=O)c1ccccc1)c1nc2ccccc2o1. The van der Waals surface area contributed by atoms with Crippen LogP contribution in [0.15, 0.2) is 83.3 Å². The van der Waals surface area contributed by atoms with E-state index in [0.717, 1.165) is 11.1 Å². The predicted octanol–water partition coefficient (Wildman–Crippen LogP) is 4.76. The number of benzene rings is 3. The minimum Gasteiger partial charge on any atom is -0.496 e. The van der Waals surface area contributed by atoms with Crippen molar-refractivity contribution in [3.63, 3.8) is 0 Å². The van der Waals surface area contributed by atoms with Crippen molar-refractivity contribution in [3.8, 4) is 5.75 Å². The van der Waals surface area contributed by atoms with Crippen LogP contribution in [0.1, 0.15) is 21.8 Å². The second-order valence-corrected chi connectivity index (χ2v) is 6.11. The lowest BCUT2D eigenvalue weighted by Crippen LogP contribution is -2.22. The molecule has 1 amide bonds. The largest absolute Gasteiger partial charge is 0.496 e. The third-order valence-electron chi connectivity index (χ3n) is 4.25. The number of para-hydroxylation sites is 3. The number of nitrogens with one attached hydrogen (secondary N) is 1. The molecule has 0 radical (unpaired) electrons. The fourth-order valence-corrected chi connectivity index (χ4v) is 2.86. The molecule has 0 saturated heterocycles. The Bertz CT molecular complexity index is 1110. The molecule has 5 nitrogen and oxygen atoms in total. The lowest BCUT2D eigenvalue weighted by atomic mass is 10.1. The van der Waals surface area contributed by atoms with Gasteiger partial charge in [0.2, 0.25) is 5.89 Å². The molecule has 1 heterocycles. The summed E-state index contributed by atoms with van der Waals surface area (Å²) in [5.41, 5.74) is 3.17. The van der Waals surface area contributed by atoms with Crippen LogP contribution in [0, 0.1) is 0 Å². The molecule has 0 fully saturated rings. The Morgan fingerprint density at radius 1 is 0.964 bits per heavy atom. The zero-order valence-electron chi connectivity index (χ0n) is 15.3. The van der Waals surface area contributed by atoms with Crippen molar-refractivity contribution in [2.75, 3.05) is 7.11 Å². The third-order valence-corrected chi connectivity index (χ3v) is 4.25. The first-order valence-corrected chi connectivity index (χ1v) is 8.81. The van der Waals surface area contributed by atoms with Crippen molar-refractivity contribution in [1.29, 1.82) is 0 Å². The number of ether oxygens (including phenoxy) is 1. The number of nitrogens with zero attached hydrogens (tertiary/aromatic N) is 1. The minimum absolute atomic E-state index is 0.246. The number of oxazole rings is 1. The van der Waals surface area contributed by atoms with E-state index in [1.807, 2.05) is 66.7 Å². The highest BCUT2D eigenvalue weighted by atomic mass is 16.5. The molecule has 0 aliphatic rings. The summed E-state index contributed by atoms with van der Waals surface area (Å²) in [6.45, 7) is 0. The summed E-state index contributed by atoms with van der Waals surface area (Å²) in [6, 6.07) is 24.0. The highest BCUT2D eigenvalue weighted by Crippen LogP contribution is 2.25. The van der Waals surface area contributed by atoms with Gasteiger partial charge < -0.3 is 14.5 Å². The van der Waals surface area contributed by atoms with Gasteiger partial charge in [-0.05, 0) is 36.4 Å². The quantitative estimate of drug-likeness (QED) is 0.550. The van der Waals surface area contributed by atoms with E-state index in [9.17, 15) is 4.79 Å². The summed E-state index contributed by atoms with van der Waals surface area (Å²) in [5, 5.41) is 2.92. The molecule has 0 saturated carbocycles. The van der Waals surface area contributed by atoms with Gasteiger partial charge in [0, 0.05) is 11.1 Å². The monoisotopic (exact) mass is 370 g/mol. The molecular formula is C23H18N2O3. The van der Waals surface area contributed by atoms with E-state index in [1.54, 1.807) is 25.3 Å². The van der Waals surface area contributed by atoms with Gasteiger partial charge in [0.15, 0.2) is 5.58 Å². The molecular weight excluding hydrogens is 352 g/mol. The molecule has 4 rings (SSSR count). The first kappa shape index (κ1) is 17.5. The Kier molecular flexibility index (Phi) is 4.89. The van der Waals surface area contributed by atoms with E-state index in [2.05, 4.69) is 10.3 Å². The Balaban J connectivity index is 1.78. The van der Waals surface area contributed by atoms with Crippen molar-refractivity contribution in [1.82, 2.24) is 10.3 Å². The average Bonchev–Trinajstić information content (AvgIpc) is 3.18. The van der Waals surface area contributed by atoms with Gasteiger partial charge in [0.1, 0.15) is 17.0 Å². The van der Waals surface area contributed by atoms with Crippen molar-refractivity contribution >= 4 is 28.8 Å². The second kappa shape index (κ2) is 7.80. The normalized spacial score (nSPS) is 11.4. The number of fused-ring (bicyclic) bond motifs is 1. The van der Waals surface area contributed by atoms with E-state index < -0.39 is 0 Å². The van der Waals surface area contributed by atoms with Crippen molar-refractivity contribution in [2.45, 2.75) is 0 Å². The van der Waals surface area contributed by atoms with Crippen LogP contribution >= 0.6 is 0 Å². The van der Waals surface area contributed by atoms with Gasteiger partial charge in [-0.2, -0.15) is 0 Å². The molecule has 0 aliphatic heterocycles. The fourth-order valence-electron chi connectivity index (χ4n) is 2.86.